The lowest BCUT2D eigenvalue weighted by Gasteiger charge is -2.40. The topological polar surface area (TPSA) is 93.1 Å². The molecule has 1 heterocycles. The highest BCUT2D eigenvalue weighted by atomic mass is 16.6. The minimum atomic E-state index is -2.01. The lowest BCUT2D eigenvalue weighted by Crippen LogP contribution is -2.64. The Kier molecular flexibility index (Phi) is 5.78. The predicted octanol–water partition coefficient (Wildman–Crippen LogP) is 2.20. The molecule has 0 saturated carbocycles. The van der Waals surface area contributed by atoms with Crippen LogP contribution < -0.4 is 0 Å². The summed E-state index contributed by atoms with van der Waals surface area (Å²) in [5.41, 5.74) is -1.23. The molecule has 1 aromatic rings. The van der Waals surface area contributed by atoms with Gasteiger partial charge in [-0.1, -0.05) is 30.3 Å². The van der Waals surface area contributed by atoms with E-state index >= 15 is 0 Å². The molecule has 130 valence electrons. The van der Waals surface area contributed by atoms with E-state index in [0.29, 0.717) is 12.8 Å². The third-order valence-corrected chi connectivity index (χ3v) is 4.02. The Morgan fingerprint density at radius 1 is 1.17 bits per heavy atom. The van der Waals surface area contributed by atoms with Gasteiger partial charge >= 0.3 is 18.0 Å². The summed E-state index contributed by atoms with van der Waals surface area (Å²) < 4.78 is 10.1. The number of hydrogen-bond acceptors (Lipinski definition) is 5. The number of nitrogens with zero attached hydrogens (tertiary/aromatic N) is 1. The quantitative estimate of drug-likeness (QED) is 0.655. The van der Waals surface area contributed by atoms with E-state index in [0.717, 1.165) is 10.5 Å². The van der Waals surface area contributed by atoms with Crippen molar-refractivity contribution in [2.45, 2.75) is 38.3 Å². The Labute approximate surface area is 140 Å². The highest BCUT2D eigenvalue weighted by Gasteiger charge is 2.56. The van der Waals surface area contributed by atoms with Crippen LogP contribution in [0.4, 0.5) is 4.79 Å². The van der Waals surface area contributed by atoms with Crippen molar-refractivity contribution in [3.63, 3.8) is 0 Å². The summed E-state index contributed by atoms with van der Waals surface area (Å²) in [6.07, 6.45) is 0.318. The van der Waals surface area contributed by atoms with Gasteiger partial charge in [0, 0.05) is 6.54 Å². The Morgan fingerprint density at radius 3 is 2.50 bits per heavy atom. The molecule has 24 heavy (non-hydrogen) atoms. The summed E-state index contributed by atoms with van der Waals surface area (Å²) in [6, 6.07) is 9.04. The molecule has 0 bridgehead atoms. The molecule has 1 aliphatic heterocycles. The third-order valence-electron chi connectivity index (χ3n) is 4.02. The van der Waals surface area contributed by atoms with Gasteiger partial charge in [-0.05, 0) is 31.7 Å². The molecule has 1 atom stereocenters. The second-order valence-corrected chi connectivity index (χ2v) is 5.53. The summed E-state index contributed by atoms with van der Waals surface area (Å²) in [5.74, 6) is -2.31. The van der Waals surface area contributed by atoms with Gasteiger partial charge in [0.15, 0.2) is 0 Å². The van der Waals surface area contributed by atoms with Gasteiger partial charge < -0.3 is 14.6 Å². The van der Waals surface area contributed by atoms with Gasteiger partial charge in [0.2, 0.25) is 5.54 Å². The van der Waals surface area contributed by atoms with Crippen LogP contribution in [0.5, 0.6) is 0 Å². The zero-order chi connectivity index (χ0) is 17.6. The molecule has 0 aliphatic carbocycles. The van der Waals surface area contributed by atoms with Crippen molar-refractivity contribution in [1.29, 1.82) is 0 Å². The number of piperidine rings is 1. The third kappa shape index (κ3) is 3.50. The molecular weight excluding hydrogens is 314 g/mol. The Bertz CT molecular complexity index is 602. The molecule has 2 rings (SSSR count). The van der Waals surface area contributed by atoms with E-state index in [1.54, 1.807) is 19.1 Å². The van der Waals surface area contributed by atoms with E-state index in [2.05, 4.69) is 0 Å². The van der Waals surface area contributed by atoms with Crippen LogP contribution in [0.3, 0.4) is 0 Å². The molecule has 0 spiro atoms. The highest BCUT2D eigenvalue weighted by molar-refractivity contribution is 6.06. The van der Waals surface area contributed by atoms with Crippen LogP contribution in [-0.2, 0) is 25.7 Å². The maximum atomic E-state index is 12.4. The average molecular weight is 335 g/mol. The van der Waals surface area contributed by atoms with Crippen LogP contribution in [-0.4, -0.2) is 46.7 Å². The number of carbonyl (C=O) groups is 3. The van der Waals surface area contributed by atoms with Gasteiger partial charge in [0.05, 0.1) is 6.61 Å². The van der Waals surface area contributed by atoms with E-state index < -0.39 is 23.6 Å². The zero-order valence-electron chi connectivity index (χ0n) is 13.6. The minimum Gasteiger partial charge on any atom is -0.479 e. The number of ether oxygens (including phenoxy) is 2. The SMILES string of the molecule is CCOC(=O)[C@@]1(C(=O)O)CCCCN1C(=O)OCc1ccccc1. The first kappa shape index (κ1) is 17.8. The van der Waals surface area contributed by atoms with Gasteiger partial charge in [-0.3, -0.25) is 4.90 Å². The number of carboxylic acids is 1. The van der Waals surface area contributed by atoms with Gasteiger partial charge in [-0.15, -0.1) is 0 Å². The van der Waals surface area contributed by atoms with E-state index in [-0.39, 0.29) is 26.2 Å². The lowest BCUT2D eigenvalue weighted by atomic mass is 9.87. The fourth-order valence-electron chi connectivity index (χ4n) is 2.79. The van der Waals surface area contributed by atoms with Crippen molar-refractivity contribution in [1.82, 2.24) is 4.90 Å². The molecule has 1 saturated heterocycles. The fraction of sp³-hybridized carbons (Fsp3) is 0.471. The summed E-state index contributed by atoms with van der Waals surface area (Å²) in [6.45, 7) is 1.78. The van der Waals surface area contributed by atoms with Gasteiger partial charge in [0.25, 0.3) is 0 Å². The summed E-state index contributed by atoms with van der Waals surface area (Å²) in [5, 5.41) is 9.64. The van der Waals surface area contributed by atoms with Gasteiger partial charge in [-0.2, -0.15) is 0 Å². The number of hydrogen-bond donors (Lipinski definition) is 1. The Balaban J connectivity index is 2.18. The first-order valence-corrected chi connectivity index (χ1v) is 7.91. The summed E-state index contributed by atoms with van der Waals surface area (Å²) in [4.78, 5) is 37.5. The molecule has 0 radical (unpaired) electrons. The zero-order valence-corrected chi connectivity index (χ0v) is 13.6. The second-order valence-electron chi connectivity index (χ2n) is 5.53. The van der Waals surface area contributed by atoms with E-state index in [1.165, 1.54) is 0 Å². The van der Waals surface area contributed by atoms with E-state index in [1.807, 2.05) is 18.2 Å². The van der Waals surface area contributed by atoms with Crippen molar-refractivity contribution in [3.8, 4) is 0 Å². The Morgan fingerprint density at radius 2 is 1.88 bits per heavy atom. The van der Waals surface area contributed by atoms with Crippen LogP contribution >= 0.6 is 0 Å². The van der Waals surface area contributed by atoms with Gasteiger partial charge in [0.1, 0.15) is 6.61 Å². The lowest BCUT2D eigenvalue weighted by molar-refractivity contribution is -0.173. The first-order chi connectivity index (χ1) is 11.5. The smallest absolute Gasteiger partial charge is 0.411 e. The van der Waals surface area contributed by atoms with E-state index in [9.17, 15) is 19.5 Å². The van der Waals surface area contributed by atoms with Crippen molar-refractivity contribution >= 4 is 18.0 Å². The Hall–Kier alpha value is -2.57. The molecule has 1 amide bonds. The number of aliphatic carboxylic acids is 1. The van der Waals surface area contributed by atoms with Crippen molar-refractivity contribution in [3.05, 3.63) is 35.9 Å². The predicted molar refractivity (Wildman–Crippen MR) is 84.2 cm³/mol. The van der Waals surface area contributed by atoms with Crippen molar-refractivity contribution < 1.29 is 29.0 Å². The monoisotopic (exact) mass is 335 g/mol. The molecule has 0 aromatic heterocycles. The van der Waals surface area contributed by atoms with Crippen molar-refractivity contribution in [2.75, 3.05) is 13.2 Å². The van der Waals surface area contributed by atoms with Crippen LogP contribution in [0, 0.1) is 0 Å². The number of rotatable bonds is 5. The molecule has 1 aromatic carbocycles. The first-order valence-electron chi connectivity index (χ1n) is 7.91. The summed E-state index contributed by atoms with van der Waals surface area (Å²) in [7, 11) is 0. The fourth-order valence-corrected chi connectivity index (χ4v) is 2.79. The molecule has 7 heteroatoms. The van der Waals surface area contributed by atoms with Crippen LogP contribution in [0.15, 0.2) is 30.3 Å². The maximum absolute atomic E-state index is 12.4. The number of esters is 1. The standard InChI is InChI=1S/C17H21NO6/c1-2-23-15(21)17(14(19)20)10-6-7-11-18(17)16(22)24-12-13-8-4-3-5-9-13/h3-5,8-9H,2,6-7,10-12H2,1H3,(H,19,20)/t17-/m0/s1. The number of likely N-dealkylation sites (tertiary alicyclic amines) is 1. The number of amides is 1. The van der Waals surface area contributed by atoms with Crippen LogP contribution in [0.1, 0.15) is 31.7 Å². The van der Waals surface area contributed by atoms with Crippen molar-refractivity contribution in [2.24, 2.45) is 0 Å². The molecule has 1 N–H and O–H groups in total. The highest BCUT2D eigenvalue weighted by Crippen LogP contribution is 2.31. The number of benzene rings is 1. The molecule has 7 nitrogen and oxygen atoms in total. The summed E-state index contributed by atoms with van der Waals surface area (Å²) >= 11 is 0. The number of carboxylic acid groups (broad SMARTS) is 1. The molecular formula is C17H21NO6. The normalized spacial score (nSPS) is 20.3. The minimum absolute atomic E-state index is 0.00863. The molecule has 1 aliphatic rings. The van der Waals surface area contributed by atoms with Crippen LogP contribution in [0.25, 0.3) is 0 Å². The average Bonchev–Trinajstić information content (AvgIpc) is 2.60. The number of carbonyl (C=O) groups excluding carboxylic acids is 2. The molecule has 1 fully saturated rings. The van der Waals surface area contributed by atoms with Gasteiger partial charge in [-0.25, -0.2) is 14.4 Å². The largest absolute Gasteiger partial charge is 0.479 e. The van der Waals surface area contributed by atoms with Crippen LogP contribution in [0.2, 0.25) is 0 Å². The second kappa shape index (κ2) is 7.81. The van der Waals surface area contributed by atoms with E-state index in [4.69, 9.17) is 9.47 Å². The maximum Gasteiger partial charge on any atom is 0.411 e. The molecule has 0 unspecified atom stereocenters.